The molecular formula is C15H21N5. The molecule has 0 radical (unpaired) electrons. The Morgan fingerprint density at radius 1 is 1.00 bits per heavy atom. The molecule has 0 bridgehead atoms. The molecule has 2 aromatic rings. The fourth-order valence-corrected chi connectivity index (χ4v) is 1.94. The highest BCUT2D eigenvalue weighted by Gasteiger charge is 2.18. The first kappa shape index (κ1) is 14.4. The van der Waals surface area contributed by atoms with E-state index in [9.17, 15) is 0 Å². The van der Waals surface area contributed by atoms with E-state index in [1.807, 2.05) is 55.4 Å². The number of aromatic nitrogens is 2. The van der Waals surface area contributed by atoms with Gasteiger partial charge in [-0.1, -0.05) is 30.3 Å². The van der Waals surface area contributed by atoms with Crippen molar-refractivity contribution in [3.05, 3.63) is 54.4 Å². The minimum Gasteiger partial charge on any atom is -0.320 e. The van der Waals surface area contributed by atoms with Gasteiger partial charge in [0.15, 0.2) is 0 Å². The molecule has 106 valence electrons. The molecule has 0 amide bonds. The summed E-state index contributed by atoms with van der Waals surface area (Å²) >= 11 is 0. The Labute approximate surface area is 120 Å². The van der Waals surface area contributed by atoms with Crippen molar-refractivity contribution >= 4 is 5.95 Å². The Morgan fingerprint density at radius 2 is 1.65 bits per heavy atom. The summed E-state index contributed by atoms with van der Waals surface area (Å²) in [5.74, 6) is 0.658. The second-order valence-corrected chi connectivity index (χ2v) is 4.90. The van der Waals surface area contributed by atoms with E-state index in [1.165, 1.54) is 0 Å². The summed E-state index contributed by atoms with van der Waals surface area (Å²) in [5, 5.41) is 0. The summed E-state index contributed by atoms with van der Waals surface area (Å²) in [6.45, 7) is 1.66. The lowest BCUT2D eigenvalue weighted by Crippen LogP contribution is -2.40. The normalized spacial score (nSPS) is 12.4. The molecule has 0 saturated carbocycles. The van der Waals surface area contributed by atoms with Crippen molar-refractivity contribution < 1.29 is 0 Å². The molecule has 1 aromatic heterocycles. The average Bonchev–Trinajstić information content (AvgIpc) is 2.49. The van der Waals surface area contributed by atoms with Gasteiger partial charge in [0.2, 0.25) is 5.95 Å². The van der Waals surface area contributed by atoms with Crippen molar-refractivity contribution in [1.82, 2.24) is 14.9 Å². The minimum atomic E-state index is -0.251. The molecule has 0 saturated heterocycles. The summed E-state index contributed by atoms with van der Waals surface area (Å²) < 4.78 is 0. The number of anilines is 1. The molecule has 0 spiro atoms. The van der Waals surface area contributed by atoms with E-state index in [1.54, 1.807) is 12.4 Å². The van der Waals surface area contributed by atoms with Crippen LogP contribution >= 0.6 is 0 Å². The molecule has 1 unspecified atom stereocenters. The monoisotopic (exact) mass is 271 g/mol. The van der Waals surface area contributed by atoms with Crippen molar-refractivity contribution in [1.29, 1.82) is 0 Å². The van der Waals surface area contributed by atoms with Crippen LogP contribution in [0.15, 0.2) is 48.8 Å². The van der Waals surface area contributed by atoms with E-state index in [0.717, 1.165) is 18.7 Å². The summed E-state index contributed by atoms with van der Waals surface area (Å²) in [6, 6.07) is 11.8. The zero-order chi connectivity index (χ0) is 14.4. The molecule has 2 N–H and O–H groups in total. The second kappa shape index (κ2) is 6.98. The average molecular weight is 271 g/mol. The lowest BCUT2D eigenvalue weighted by atomic mass is 10.1. The molecule has 1 heterocycles. The van der Waals surface area contributed by atoms with Gasteiger partial charge in [-0.15, -0.1) is 0 Å². The molecule has 0 aliphatic rings. The first-order valence-electron chi connectivity index (χ1n) is 6.67. The van der Waals surface area contributed by atoms with Gasteiger partial charge in [0.25, 0.3) is 0 Å². The van der Waals surface area contributed by atoms with Crippen LogP contribution in [0.1, 0.15) is 11.7 Å². The number of rotatable bonds is 6. The van der Waals surface area contributed by atoms with Crippen LogP contribution in [-0.2, 0) is 0 Å². The van der Waals surface area contributed by atoms with Crippen LogP contribution < -0.4 is 10.6 Å². The van der Waals surface area contributed by atoms with E-state index in [0.29, 0.717) is 5.95 Å². The largest absolute Gasteiger partial charge is 0.320 e. The number of nitrogens with two attached hydrogens (primary N) is 1. The molecule has 5 heteroatoms. The molecule has 0 fully saturated rings. The van der Waals surface area contributed by atoms with Crippen molar-refractivity contribution in [3.8, 4) is 0 Å². The number of benzene rings is 1. The maximum atomic E-state index is 6.38. The smallest absolute Gasteiger partial charge is 0.226 e. The number of nitrogens with zero attached hydrogens (tertiary/aromatic N) is 4. The van der Waals surface area contributed by atoms with Crippen molar-refractivity contribution in [2.45, 2.75) is 6.17 Å². The molecule has 5 nitrogen and oxygen atoms in total. The predicted molar refractivity (Wildman–Crippen MR) is 81.3 cm³/mol. The van der Waals surface area contributed by atoms with E-state index >= 15 is 0 Å². The topological polar surface area (TPSA) is 58.3 Å². The Hall–Kier alpha value is -1.98. The van der Waals surface area contributed by atoms with Crippen LogP contribution in [0.5, 0.6) is 0 Å². The van der Waals surface area contributed by atoms with Gasteiger partial charge in [0.05, 0.1) is 0 Å². The van der Waals surface area contributed by atoms with Crippen LogP contribution in [0, 0.1) is 0 Å². The van der Waals surface area contributed by atoms with E-state index < -0.39 is 0 Å². The summed E-state index contributed by atoms with van der Waals surface area (Å²) in [6.07, 6.45) is 3.23. The predicted octanol–water partition coefficient (Wildman–Crippen LogP) is 1.50. The van der Waals surface area contributed by atoms with Gasteiger partial charge in [-0.25, -0.2) is 9.97 Å². The zero-order valence-electron chi connectivity index (χ0n) is 12.0. The number of hydrogen-bond acceptors (Lipinski definition) is 5. The maximum absolute atomic E-state index is 6.38. The van der Waals surface area contributed by atoms with Gasteiger partial charge in [-0.3, -0.25) is 0 Å². The number of hydrogen-bond donors (Lipinski definition) is 1. The van der Waals surface area contributed by atoms with Crippen LogP contribution in [0.3, 0.4) is 0 Å². The van der Waals surface area contributed by atoms with Crippen LogP contribution in [-0.4, -0.2) is 42.1 Å². The molecule has 1 atom stereocenters. The van der Waals surface area contributed by atoms with Gasteiger partial charge < -0.3 is 15.5 Å². The SMILES string of the molecule is CN(C)CCN(c1ncccn1)C(N)c1ccccc1. The first-order chi connectivity index (χ1) is 9.68. The third-order valence-electron chi connectivity index (χ3n) is 3.07. The third kappa shape index (κ3) is 3.76. The second-order valence-electron chi connectivity index (χ2n) is 4.90. The Kier molecular flexibility index (Phi) is 5.03. The standard InChI is InChI=1S/C15H21N5/c1-19(2)11-12-20(15-17-9-6-10-18-15)14(16)13-7-4-3-5-8-13/h3-10,14H,11-12,16H2,1-2H3. The fourth-order valence-electron chi connectivity index (χ4n) is 1.94. The van der Waals surface area contributed by atoms with Gasteiger partial charge in [-0.05, 0) is 25.7 Å². The highest BCUT2D eigenvalue weighted by molar-refractivity contribution is 5.35. The quantitative estimate of drug-likeness (QED) is 0.807. The van der Waals surface area contributed by atoms with Crippen molar-refractivity contribution in [3.63, 3.8) is 0 Å². The molecular weight excluding hydrogens is 250 g/mol. The Morgan fingerprint density at radius 3 is 2.25 bits per heavy atom. The van der Waals surface area contributed by atoms with Crippen molar-refractivity contribution in [2.75, 3.05) is 32.1 Å². The van der Waals surface area contributed by atoms with Crippen LogP contribution in [0.4, 0.5) is 5.95 Å². The van der Waals surface area contributed by atoms with E-state index in [-0.39, 0.29) is 6.17 Å². The molecule has 0 aliphatic carbocycles. The highest BCUT2D eigenvalue weighted by Crippen LogP contribution is 2.19. The zero-order valence-corrected chi connectivity index (χ0v) is 12.0. The third-order valence-corrected chi connectivity index (χ3v) is 3.07. The van der Waals surface area contributed by atoms with Gasteiger partial charge in [0.1, 0.15) is 6.17 Å². The summed E-state index contributed by atoms with van der Waals surface area (Å²) in [7, 11) is 4.08. The Balaban J connectivity index is 2.22. The maximum Gasteiger partial charge on any atom is 0.226 e. The molecule has 20 heavy (non-hydrogen) atoms. The molecule has 2 rings (SSSR count). The summed E-state index contributed by atoms with van der Waals surface area (Å²) in [4.78, 5) is 12.8. The van der Waals surface area contributed by atoms with E-state index in [4.69, 9.17) is 5.73 Å². The van der Waals surface area contributed by atoms with Crippen molar-refractivity contribution in [2.24, 2.45) is 5.73 Å². The van der Waals surface area contributed by atoms with Gasteiger partial charge in [-0.2, -0.15) is 0 Å². The lowest BCUT2D eigenvalue weighted by molar-refractivity contribution is 0.404. The highest BCUT2D eigenvalue weighted by atomic mass is 15.3. The van der Waals surface area contributed by atoms with Crippen LogP contribution in [0.25, 0.3) is 0 Å². The number of likely N-dealkylation sites (N-methyl/N-ethyl adjacent to an activating group) is 1. The van der Waals surface area contributed by atoms with Gasteiger partial charge >= 0.3 is 0 Å². The molecule has 0 aliphatic heterocycles. The minimum absolute atomic E-state index is 0.251. The van der Waals surface area contributed by atoms with E-state index in [2.05, 4.69) is 14.9 Å². The summed E-state index contributed by atoms with van der Waals surface area (Å²) in [5.41, 5.74) is 7.44. The Bertz CT molecular complexity index is 500. The lowest BCUT2D eigenvalue weighted by Gasteiger charge is -2.30. The fraction of sp³-hybridized carbons (Fsp3) is 0.333. The first-order valence-corrected chi connectivity index (χ1v) is 6.67. The van der Waals surface area contributed by atoms with Gasteiger partial charge in [0, 0.05) is 25.5 Å². The van der Waals surface area contributed by atoms with Crippen LogP contribution in [0.2, 0.25) is 0 Å². The molecule has 1 aromatic carbocycles.